The number of hydrogen-bond donors (Lipinski definition) is 1. The Labute approximate surface area is 174 Å². The first-order valence-electron chi connectivity index (χ1n) is 9.27. The van der Waals surface area contributed by atoms with Crippen LogP contribution in [-0.4, -0.2) is 28.8 Å². The predicted octanol–water partition coefficient (Wildman–Crippen LogP) is 5.54. The van der Waals surface area contributed by atoms with Gasteiger partial charge in [-0.1, -0.05) is 23.9 Å². The van der Waals surface area contributed by atoms with Crippen LogP contribution in [0.15, 0.2) is 47.5 Å². The van der Waals surface area contributed by atoms with Gasteiger partial charge in [0.25, 0.3) is 11.7 Å². The monoisotopic (exact) mass is 446 g/mol. The lowest BCUT2D eigenvalue weighted by Gasteiger charge is -2.29. The first-order chi connectivity index (χ1) is 14.2. The van der Waals surface area contributed by atoms with Crippen LogP contribution in [0, 0.1) is 0 Å². The van der Waals surface area contributed by atoms with Crippen LogP contribution >= 0.6 is 11.8 Å². The normalized spacial score (nSPS) is 19.5. The van der Waals surface area contributed by atoms with Crippen LogP contribution in [0.4, 0.5) is 22.0 Å². The van der Waals surface area contributed by atoms with Gasteiger partial charge in [-0.3, -0.25) is 4.79 Å². The number of nitrogens with one attached hydrogen (secondary N) is 1. The quantitative estimate of drug-likeness (QED) is 0.468. The summed E-state index contributed by atoms with van der Waals surface area (Å²) in [6.07, 6.45) is -1.57. The van der Waals surface area contributed by atoms with Crippen molar-refractivity contribution in [3.05, 3.63) is 53.7 Å². The lowest BCUT2D eigenvalue weighted by molar-refractivity contribution is -0.137. The molecule has 30 heavy (non-hydrogen) atoms. The second-order valence-electron chi connectivity index (χ2n) is 6.82. The van der Waals surface area contributed by atoms with Crippen molar-refractivity contribution in [2.24, 2.45) is 0 Å². The second-order valence-corrected chi connectivity index (χ2v) is 7.85. The molecular formula is C20H19F5N2O2S. The zero-order chi connectivity index (χ0) is 21.7. The smallest absolute Gasteiger partial charge is 0.417 e. The molecule has 0 spiro atoms. The number of rotatable bonds is 6. The molecule has 4 nitrogen and oxygen atoms in total. The van der Waals surface area contributed by atoms with Crippen LogP contribution in [-0.2, 0) is 6.18 Å². The molecule has 3 rings (SSSR count). The fourth-order valence-corrected chi connectivity index (χ4v) is 3.87. The highest BCUT2D eigenvalue weighted by atomic mass is 32.2. The molecule has 0 bridgehead atoms. The number of halogens is 5. The number of alkyl halides is 5. The molecule has 0 aliphatic heterocycles. The number of ether oxygens (including phenoxy) is 1. The number of nitrogens with zero attached hydrogens (tertiary/aromatic N) is 1. The Morgan fingerprint density at radius 3 is 2.40 bits per heavy atom. The minimum Gasteiger partial charge on any atom is -0.474 e. The Balaban J connectivity index is 1.51. The van der Waals surface area contributed by atoms with Gasteiger partial charge in [-0.2, -0.15) is 22.0 Å². The van der Waals surface area contributed by atoms with Crippen LogP contribution < -0.4 is 10.1 Å². The zero-order valence-electron chi connectivity index (χ0n) is 15.7. The maximum absolute atomic E-state index is 12.7. The number of benzene rings is 1. The van der Waals surface area contributed by atoms with Gasteiger partial charge < -0.3 is 10.1 Å². The van der Waals surface area contributed by atoms with Gasteiger partial charge in [0, 0.05) is 23.2 Å². The molecule has 1 heterocycles. The lowest BCUT2D eigenvalue weighted by atomic mass is 9.92. The van der Waals surface area contributed by atoms with Crippen LogP contribution in [0.25, 0.3) is 0 Å². The highest BCUT2D eigenvalue weighted by molar-refractivity contribution is 7.99. The van der Waals surface area contributed by atoms with Gasteiger partial charge >= 0.3 is 6.18 Å². The molecule has 0 radical (unpaired) electrons. The summed E-state index contributed by atoms with van der Waals surface area (Å²) in [5.74, 6) is -2.91. The van der Waals surface area contributed by atoms with Crippen molar-refractivity contribution in [2.75, 3.05) is 0 Å². The summed E-state index contributed by atoms with van der Waals surface area (Å²) in [6, 6.07) is 8.17. The third-order valence-electron chi connectivity index (χ3n) is 4.71. The SMILES string of the molecule is O=C(NC1CCC(Oc2ccc(C(F)(F)F)cn2)CC1)c1ccccc1SC(F)F. The van der Waals surface area contributed by atoms with Crippen molar-refractivity contribution < 1.29 is 31.5 Å². The van der Waals surface area contributed by atoms with E-state index in [1.54, 1.807) is 12.1 Å². The first kappa shape index (κ1) is 22.3. The fourth-order valence-electron chi connectivity index (χ4n) is 3.23. The van der Waals surface area contributed by atoms with Gasteiger partial charge in [-0.05, 0) is 43.9 Å². The molecule has 0 unspecified atom stereocenters. The van der Waals surface area contributed by atoms with Crippen molar-refractivity contribution in [3.63, 3.8) is 0 Å². The second kappa shape index (κ2) is 9.63. The minimum atomic E-state index is -4.45. The number of amides is 1. The minimum absolute atomic E-state index is 0.119. The van der Waals surface area contributed by atoms with E-state index in [1.165, 1.54) is 18.2 Å². The molecule has 162 valence electrons. The van der Waals surface area contributed by atoms with Gasteiger partial charge in [0.15, 0.2) is 0 Å². The molecule has 1 aliphatic rings. The first-order valence-corrected chi connectivity index (χ1v) is 10.1. The van der Waals surface area contributed by atoms with E-state index in [-0.39, 0.29) is 28.5 Å². The van der Waals surface area contributed by atoms with Gasteiger partial charge in [0.1, 0.15) is 6.10 Å². The van der Waals surface area contributed by atoms with Crippen LogP contribution in [0.2, 0.25) is 0 Å². The Bertz CT molecular complexity index is 853. The summed E-state index contributed by atoms with van der Waals surface area (Å²) >= 11 is 0.328. The predicted molar refractivity (Wildman–Crippen MR) is 102 cm³/mol. The Hall–Kier alpha value is -2.36. The third kappa shape index (κ3) is 6.07. The fraction of sp³-hybridized carbons (Fsp3) is 0.400. The summed E-state index contributed by atoms with van der Waals surface area (Å²) in [6.45, 7) is 0. The van der Waals surface area contributed by atoms with E-state index in [0.717, 1.165) is 12.3 Å². The van der Waals surface area contributed by atoms with Crippen LogP contribution in [0.5, 0.6) is 5.88 Å². The standard InChI is InChI=1S/C20H19F5N2O2S/c21-19(22)30-16-4-2-1-3-15(16)18(28)27-13-6-8-14(9-7-13)29-17-10-5-12(11-26-17)20(23,24)25/h1-5,10-11,13-14,19H,6-9H2,(H,27,28). The largest absolute Gasteiger partial charge is 0.474 e. The van der Waals surface area contributed by atoms with Gasteiger partial charge in [0.2, 0.25) is 5.88 Å². The van der Waals surface area contributed by atoms with Gasteiger partial charge in [-0.25, -0.2) is 4.98 Å². The molecule has 1 fully saturated rings. The maximum Gasteiger partial charge on any atom is 0.417 e. The number of aromatic nitrogens is 1. The van der Waals surface area contributed by atoms with Crippen molar-refractivity contribution in [3.8, 4) is 5.88 Å². The van der Waals surface area contributed by atoms with Gasteiger partial charge in [-0.15, -0.1) is 0 Å². The number of carbonyl (C=O) groups is 1. The molecule has 1 saturated carbocycles. The summed E-state index contributed by atoms with van der Waals surface area (Å²) in [7, 11) is 0. The number of thioether (sulfide) groups is 1. The van der Waals surface area contributed by atoms with Gasteiger partial charge in [0.05, 0.1) is 11.1 Å². The van der Waals surface area contributed by atoms with Crippen molar-refractivity contribution in [1.82, 2.24) is 10.3 Å². The average molecular weight is 446 g/mol. The Kier molecular flexibility index (Phi) is 7.17. The molecule has 1 amide bonds. The van der Waals surface area contributed by atoms with E-state index in [9.17, 15) is 26.7 Å². The summed E-state index contributed by atoms with van der Waals surface area (Å²) in [4.78, 5) is 16.4. The van der Waals surface area contributed by atoms with E-state index < -0.39 is 23.4 Å². The van der Waals surface area contributed by atoms with E-state index in [1.807, 2.05) is 0 Å². The highest BCUT2D eigenvalue weighted by Gasteiger charge is 2.31. The van der Waals surface area contributed by atoms with Crippen molar-refractivity contribution in [2.45, 2.75) is 54.7 Å². The maximum atomic E-state index is 12.7. The van der Waals surface area contributed by atoms with Crippen LogP contribution in [0.1, 0.15) is 41.6 Å². The molecule has 0 saturated heterocycles. The Morgan fingerprint density at radius 2 is 1.80 bits per heavy atom. The molecular weight excluding hydrogens is 427 g/mol. The topological polar surface area (TPSA) is 51.2 Å². The summed E-state index contributed by atoms with van der Waals surface area (Å²) in [5.41, 5.74) is -0.637. The molecule has 2 aromatic rings. The highest BCUT2D eigenvalue weighted by Crippen LogP contribution is 2.31. The summed E-state index contributed by atoms with van der Waals surface area (Å²) in [5, 5.41) is 2.86. The molecule has 1 aliphatic carbocycles. The Morgan fingerprint density at radius 1 is 1.10 bits per heavy atom. The van der Waals surface area contributed by atoms with Crippen molar-refractivity contribution in [1.29, 1.82) is 0 Å². The van der Waals surface area contributed by atoms with E-state index in [0.29, 0.717) is 37.4 Å². The number of carbonyl (C=O) groups excluding carboxylic acids is 1. The molecule has 1 aromatic heterocycles. The molecule has 1 aromatic carbocycles. The molecule has 10 heteroatoms. The third-order valence-corrected chi connectivity index (χ3v) is 5.50. The summed E-state index contributed by atoms with van der Waals surface area (Å²) < 4.78 is 68.8. The molecule has 0 atom stereocenters. The average Bonchev–Trinajstić information content (AvgIpc) is 2.69. The number of pyridine rings is 1. The zero-order valence-corrected chi connectivity index (χ0v) is 16.5. The van der Waals surface area contributed by atoms with E-state index in [2.05, 4.69) is 10.3 Å². The number of hydrogen-bond acceptors (Lipinski definition) is 4. The van der Waals surface area contributed by atoms with E-state index in [4.69, 9.17) is 4.74 Å². The van der Waals surface area contributed by atoms with Crippen molar-refractivity contribution >= 4 is 17.7 Å². The lowest BCUT2D eigenvalue weighted by Crippen LogP contribution is -2.39. The van der Waals surface area contributed by atoms with Crippen LogP contribution in [0.3, 0.4) is 0 Å². The molecule has 1 N–H and O–H groups in total. The van der Waals surface area contributed by atoms with E-state index >= 15 is 0 Å².